The Bertz CT molecular complexity index is 2700. The van der Waals surface area contributed by atoms with Crippen LogP contribution < -0.4 is 21.2 Å². The number of para-hydroxylation sites is 1. The lowest BCUT2D eigenvalue weighted by Gasteiger charge is -2.49. The van der Waals surface area contributed by atoms with E-state index in [1.54, 1.807) is 22.5 Å². The lowest BCUT2D eigenvalue weighted by molar-refractivity contribution is -0.135. The molecule has 9 heterocycles. The quantitative estimate of drug-likeness (QED) is 0.195. The molecule has 2 N–H and O–H groups in total. The second-order valence-electron chi connectivity index (χ2n) is 18.6. The van der Waals surface area contributed by atoms with Gasteiger partial charge in [0, 0.05) is 70.5 Å². The second kappa shape index (κ2) is 16.1. The molecule has 1 saturated carbocycles. The van der Waals surface area contributed by atoms with Crippen molar-refractivity contribution >= 4 is 45.9 Å². The van der Waals surface area contributed by atoms with E-state index in [0.29, 0.717) is 49.7 Å². The molecular weight excluding hydrogens is 834 g/mol. The summed E-state index contributed by atoms with van der Waals surface area (Å²) in [4.78, 5) is 62.8. The number of anilines is 2. The average Bonchev–Trinajstić information content (AvgIpc) is 4.12. The maximum Gasteiger partial charge on any atom is 0.329 e. The van der Waals surface area contributed by atoms with Gasteiger partial charge in [-0.15, -0.1) is 0 Å². The third kappa shape index (κ3) is 7.17. The lowest BCUT2D eigenvalue weighted by Crippen LogP contribution is -2.59. The van der Waals surface area contributed by atoms with E-state index in [-0.39, 0.29) is 65.8 Å². The molecule has 5 saturated heterocycles. The molecule has 4 aromatic heterocycles. The number of likely N-dealkylation sites (tertiary alicyclic amines) is 2. The van der Waals surface area contributed by atoms with Crippen molar-refractivity contribution in [2.24, 2.45) is 13.0 Å². The first-order chi connectivity index (χ1) is 31.0. The van der Waals surface area contributed by atoms with Crippen molar-refractivity contribution in [3.05, 3.63) is 70.2 Å². The minimum Gasteiger partial charge on any atom is -0.374 e. The number of nitrogens with one attached hydrogen (secondary N) is 2. The van der Waals surface area contributed by atoms with Crippen LogP contribution in [0.25, 0.3) is 16.7 Å². The van der Waals surface area contributed by atoms with Crippen LogP contribution in [0.5, 0.6) is 0 Å². The number of piperidine rings is 2. The Morgan fingerprint density at radius 1 is 1.02 bits per heavy atom. The van der Waals surface area contributed by atoms with E-state index in [9.17, 15) is 28.0 Å². The minimum atomic E-state index is -2.89. The van der Waals surface area contributed by atoms with Gasteiger partial charge in [-0.1, -0.05) is 12.1 Å². The number of aryl methyl sites for hydroxylation is 1. The third-order valence-electron chi connectivity index (χ3n) is 14.8. The number of morpholine rings is 1. The monoisotopic (exact) mass is 884 g/mol. The molecule has 11 rings (SSSR count). The zero-order valence-corrected chi connectivity index (χ0v) is 35.5. The molecule has 1 aromatic carbocycles. The first-order valence-corrected chi connectivity index (χ1v) is 22.5. The number of amides is 3. The van der Waals surface area contributed by atoms with Crippen LogP contribution in [0.4, 0.5) is 24.7 Å². The molecular formula is C44H51F3N12O5. The van der Waals surface area contributed by atoms with Gasteiger partial charge in [0.2, 0.25) is 11.8 Å². The van der Waals surface area contributed by atoms with E-state index in [4.69, 9.17) is 9.72 Å². The lowest BCUT2D eigenvalue weighted by atomic mass is 9.84. The molecule has 5 atom stereocenters. The minimum absolute atomic E-state index is 0.0384. The fraction of sp³-hybridized carbons (Fsp3) is 0.568. The number of hydrogen-bond acceptors (Lipinski definition) is 11. The van der Waals surface area contributed by atoms with Crippen molar-refractivity contribution in [1.82, 2.24) is 48.6 Å². The molecule has 1 aliphatic carbocycles. The van der Waals surface area contributed by atoms with Crippen molar-refractivity contribution in [2.75, 3.05) is 56.1 Å². The Morgan fingerprint density at radius 3 is 2.58 bits per heavy atom. The molecule has 5 aromatic rings. The first-order valence-electron chi connectivity index (χ1n) is 22.5. The van der Waals surface area contributed by atoms with Crippen LogP contribution in [-0.2, 0) is 21.4 Å². The summed E-state index contributed by atoms with van der Waals surface area (Å²) in [7, 11) is 1.71. The molecule has 3 amide bonds. The third-order valence-corrected chi connectivity index (χ3v) is 14.8. The highest BCUT2D eigenvalue weighted by Crippen LogP contribution is 2.39. The van der Waals surface area contributed by atoms with Crippen LogP contribution in [0.2, 0.25) is 0 Å². The van der Waals surface area contributed by atoms with E-state index < -0.39 is 36.1 Å². The molecule has 0 radical (unpaired) electrons. The van der Waals surface area contributed by atoms with Gasteiger partial charge in [-0.2, -0.15) is 10.2 Å². The number of imidazole rings is 1. The molecule has 2 bridgehead atoms. The Balaban J connectivity index is 0.680. The van der Waals surface area contributed by atoms with Crippen molar-refractivity contribution < 1.29 is 32.3 Å². The highest BCUT2D eigenvalue weighted by Gasteiger charge is 2.43. The number of carbonyl (C=O) groups excluding carboxylic acids is 3. The van der Waals surface area contributed by atoms with Crippen LogP contribution in [0, 0.1) is 5.92 Å². The number of benzene rings is 1. The van der Waals surface area contributed by atoms with Crippen molar-refractivity contribution in [1.29, 1.82) is 0 Å². The molecule has 1 unspecified atom stereocenters. The van der Waals surface area contributed by atoms with Gasteiger partial charge >= 0.3 is 5.69 Å². The van der Waals surface area contributed by atoms with Gasteiger partial charge in [-0.05, 0) is 75.1 Å². The summed E-state index contributed by atoms with van der Waals surface area (Å²) in [5, 5.41) is 13.6. The fourth-order valence-electron chi connectivity index (χ4n) is 11.4. The SMILES string of the molecule is Cn1c(=O)n(C2CCC(=O)NC2=O)c2cccc(C3CN([C@@H]4CCN(C[C@H]5CC[C@H](n6cc(NC(=O)c7cnn8ccc(N9C[C@H]%10C[C@@H]9CO%10)nc78)c(C(F)F)n6)CC5)C[C@H]4F)C3)c21. The average molecular weight is 885 g/mol. The molecule has 5 aliphatic heterocycles. The van der Waals surface area contributed by atoms with E-state index in [1.165, 1.54) is 21.5 Å². The first kappa shape index (κ1) is 41.1. The number of alkyl halides is 3. The predicted molar refractivity (Wildman–Crippen MR) is 227 cm³/mol. The normalized spacial score (nSPS) is 28.1. The van der Waals surface area contributed by atoms with Gasteiger partial charge in [0.25, 0.3) is 12.3 Å². The molecule has 64 heavy (non-hydrogen) atoms. The Kier molecular flexibility index (Phi) is 10.4. The van der Waals surface area contributed by atoms with Gasteiger partial charge in [0.1, 0.15) is 23.6 Å². The molecule has 6 aliphatic rings. The summed E-state index contributed by atoms with van der Waals surface area (Å²) < 4.78 is 56.5. The van der Waals surface area contributed by atoms with Crippen LogP contribution in [0.3, 0.4) is 0 Å². The van der Waals surface area contributed by atoms with Crippen molar-refractivity contribution in [2.45, 2.75) is 100 Å². The fourth-order valence-corrected chi connectivity index (χ4v) is 11.4. The summed E-state index contributed by atoms with van der Waals surface area (Å²) in [6, 6.07) is 6.77. The largest absolute Gasteiger partial charge is 0.374 e. The molecule has 338 valence electrons. The molecule has 0 spiro atoms. The summed E-state index contributed by atoms with van der Waals surface area (Å²) in [6.45, 7) is 4.60. The number of imide groups is 1. The van der Waals surface area contributed by atoms with Crippen molar-refractivity contribution in [3.8, 4) is 0 Å². The smallest absolute Gasteiger partial charge is 0.329 e. The maximum atomic E-state index is 15.9. The molecule has 17 nitrogen and oxygen atoms in total. The maximum absolute atomic E-state index is 15.9. The number of rotatable bonds is 10. The highest BCUT2D eigenvalue weighted by molar-refractivity contribution is 6.08. The molecule has 20 heteroatoms. The summed E-state index contributed by atoms with van der Waals surface area (Å²) >= 11 is 0. The van der Waals surface area contributed by atoms with Crippen LogP contribution in [0.15, 0.2) is 47.7 Å². The predicted octanol–water partition coefficient (Wildman–Crippen LogP) is 3.97. The van der Waals surface area contributed by atoms with Gasteiger partial charge in [-0.3, -0.25) is 38.4 Å². The van der Waals surface area contributed by atoms with Crippen LogP contribution in [0.1, 0.15) is 97.4 Å². The van der Waals surface area contributed by atoms with Crippen LogP contribution in [-0.4, -0.2) is 131 Å². The van der Waals surface area contributed by atoms with E-state index in [0.717, 1.165) is 68.6 Å². The Hall–Kier alpha value is -5.60. The van der Waals surface area contributed by atoms with Gasteiger partial charge in [-0.25, -0.2) is 27.5 Å². The summed E-state index contributed by atoms with van der Waals surface area (Å²) in [5.74, 6) is -0.224. The number of fused-ring (bicyclic) bond motifs is 4. The number of aromatic nitrogens is 7. The van der Waals surface area contributed by atoms with Gasteiger partial charge in [0.05, 0.1) is 47.7 Å². The van der Waals surface area contributed by atoms with Gasteiger partial charge < -0.3 is 19.9 Å². The second-order valence-corrected chi connectivity index (χ2v) is 18.6. The van der Waals surface area contributed by atoms with Gasteiger partial charge in [0.15, 0.2) is 11.3 Å². The zero-order valence-electron chi connectivity index (χ0n) is 35.5. The number of carbonyl (C=O) groups is 3. The number of nitrogens with zero attached hydrogens (tertiary/aromatic N) is 10. The van der Waals surface area contributed by atoms with E-state index >= 15 is 4.39 Å². The number of hydrogen-bond donors (Lipinski definition) is 2. The summed E-state index contributed by atoms with van der Waals surface area (Å²) in [5.41, 5.74) is 2.11. The van der Waals surface area contributed by atoms with E-state index in [1.807, 2.05) is 24.3 Å². The standard InChI is InChI=1S/C44H51F3N12O5/c1-53-39-29(3-2-4-34(39)59(44(53)63)35-9-10-37(60)51-43(35)62)25-18-55(19-25)33-11-13-54(21-31(33)45)17-24-5-7-26(8-6-24)58-22-32(38(52-58)40(46)47)49-42(61)30-16-48-57-14-12-36(50-41(30)57)56-20-28-15-27(56)23-64-28/h2-4,12,14,16,22,24-28,31,33,35,40H,5-11,13,15,17-21,23H2,1H3,(H,49,61)(H,51,60,62)/t24-,26-,27-,28-,31-,33-,35?/m1/s1. The zero-order chi connectivity index (χ0) is 44.0. The highest BCUT2D eigenvalue weighted by atomic mass is 19.3. The topological polar surface area (TPSA) is 169 Å². The Morgan fingerprint density at radius 2 is 1.84 bits per heavy atom. The van der Waals surface area contributed by atoms with Crippen LogP contribution >= 0.6 is 0 Å². The summed E-state index contributed by atoms with van der Waals surface area (Å²) in [6.07, 6.45) is 6.14. The Labute approximate surface area is 365 Å². The molecule has 6 fully saturated rings. The number of ether oxygens (including phenoxy) is 1. The van der Waals surface area contributed by atoms with E-state index in [2.05, 4.69) is 35.5 Å². The van der Waals surface area contributed by atoms with Crippen molar-refractivity contribution in [3.63, 3.8) is 0 Å². The number of halogens is 3.